The van der Waals surface area contributed by atoms with Crippen LogP contribution in [0.2, 0.25) is 0 Å². The number of fused-ring (bicyclic) bond motifs is 1. The Balaban J connectivity index is 2.20. The lowest BCUT2D eigenvalue weighted by molar-refractivity contribution is 0.355. The molecule has 0 bridgehead atoms. The van der Waals surface area contributed by atoms with E-state index >= 15 is 0 Å². The molecule has 0 atom stereocenters. The summed E-state index contributed by atoms with van der Waals surface area (Å²) in [5, 5.41) is 1.07. The molecule has 0 saturated heterocycles. The predicted octanol–water partition coefficient (Wildman–Crippen LogP) is 4.40. The third-order valence-electron chi connectivity index (χ3n) is 3.22. The van der Waals surface area contributed by atoms with E-state index in [0.29, 0.717) is 11.5 Å². The fourth-order valence-corrected chi connectivity index (χ4v) is 2.26. The Bertz CT molecular complexity index is 750. The van der Waals surface area contributed by atoms with Gasteiger partial charge in [-0.2, -0.15) is 0 Å². The smallest absolute Gasteiger partial charge is 0.364 e. The highest BCUT2D eigenvalue weighted by Gasteiger charge is 2.21. The summed E-state index contributed by atoms with van der Waals surface area (Å²) in [6.07, 6.45) is 0. The maximum Gasteiger partial charge on any atom is 0.364 e. The van der Waals surface area contributed by atoms with Crippen LogP contribution in [0.25, 0.3) is 22.3 Å². The minimum atomic E-state index is 0.675. The first kappa shape index (κ1) is 12.5. The predicted molar refractivity (Wildman–Crippen MR) is 79.2 cm³/mol. The quantitative estimate of drug-likeness (QED) is 0.659. The van der Waals surface area contributed by atoms with Crippen LogP contribution in [0.1, 0.15) is 0 Å². The SMILES string of the molecule is COc1cccc(-c2ccc3ccccc3[o+]2)c1OC. The number of hydrogen-bond acceptors (Lipinski definition) is 2. The number of hydrogen-bond donors (Lipinski definition) is 0. The Morgan fingerprint density at radius 2 is 1.65 bits per heavy atom. The van der Waals surface area contributed by atoms with Crippen molar-refractivity contribution in [2.45, 2.75) is 0 Å². The second-order valence-electron chi connectivity index (χ2n) is 4.38. The van der Waals surface area contributed by atoms with Crippen LogP contribution in [0, 0.1) is 0 Å². The van der Waals surface area contributed by atoms with Gasteiger partial charge in [-0.05, 0) is 24.3 Å². The molecule has 1 heterocycles. The van der Waals surface area contributed by atoms with Gasteiger partial charge in [-0.15, -0.1) is 0 Å². The minimum absolute atomic E-state index is 0.675. The Morgan fingerprint density at radius 3 is 2.45 bits per heavy atom. The Kier molecular flexibility index (Phi) is 3.25. The molecule has 0 amide bonds. The summed E-state index contributed by atoms with van der Waals surface area (Å²) in [4.78, 5) is 0. The van der Waals surface area contributed by atoms with E-state index in [0.717, 1.165) is 22.3 Å². The van der Waals surface area contributed by atoms with Gasteiger partial charge in [0, 0.05) is 12.1 Å². The molecule has 3 nitrogen and oxygen atoms in total. The molecular formula is C17H15O3+. The molecule has 0 aliphatic carbocycles. The molecule has 3 heteroatoms. The van der Waals surface area contributed by atoms with Crippen molar-refractivity contribution in [1.29, 1.82) is 0 Å². The van der Waals surface area contributed by atoms with Crippen LogP contribution >= 0.6 is 0 Å². The van der Waals surface area contributed by atoms with Gasteiger partial charge in [0.05, 0.1) is 19.6 Å². The van der Waals surface area contributed by atoms with Crippen molar-refractivity contribution < 1.29 is 13.9 Å². The van der Waals surface area contributed by atoms with Crippen molar-refractivity contribution in [3.05, 3.63) is 54.6 Å². The second-order valence-corrected chi connectivity index (χ2v) is 4.38. The maximum absolute atomic E-state index is 5.95. The van der Waals surface area contributed by atoms with Gasteiger partial charge in [-0.25, -0.2) is 4.42 Å². The number of rotatable bonds is 3. The zero-order valence-electron chi connectivity index (χ0n) is 11.4. The highest BCUT2D eigenvalue weighted by atomic mass is 16.5. The summed E-state index contributed by atoms with van der Waals surface area (Å²) in [5.41, 5.74) is 1.72. The molecule has 20 heavy (non-hydrogen) atoms. The average molecular weight is 267 g/mol. The zero-order chi connectivity index (χ0) is 13.9. The van der Waals surface area contributed by atoms with Gasteiger partial charge >= 0.3 is 11.3 Å². The van der Waals surface area contributed by atoms with Gasteiger partial charge in [0.2, 0.25) is 0 Å². The van der Waals surface area contributed by atoms with E-state index < -0.39 is 0 Å². The van der Waals surface area contributed by atoms with E-state index in [1.807, 2.05) is 54.6 Å². The van der Waals surface area contributed by atoms with Gasteiger partial charge in [0.15, 0.2) is 11.5 Å². The van der Waals surface area contributed by atoms with Crippen molar-refractivity contribution >= 4 is 11.0 Å². The molecule has 1 aromatic heterocycles. The first-order valence-electron chi connectivity index (χ1n) is 6.37. The van der Waals surface area contributed by atoms with Crippen molar-refractivity contribution in [1.82, 2.24) is 0 Å². The van der Waals surface area contributed by atoms with Gasteiger partial charge < -0.3 is 9.47 Å². The summed E-state index contributed by atoms with van der Waals surface area (Å²) < 4.78 is 16.7. The highest BCUT2D eigenvalue weighted by Crippen LogP contribution is 2.38. The lowest BCUT2D eigenvalue weighted by Gasteiger charge is -2.08. The molecule has 3 rings (SSSR count). The summed E-state index contributed by atoms with van der Waals surface area (Å²) in [6.45, 7) is 0. The number of ether oxygens (including phenoxy) is 2. The fraction of sp³-hybridized carbons (Fsp3) is 0.118. The van der Waals surface area contributed by atoms with E-state index in [-0.39, 0.29) is 0 Å². The molecule has 0 N–H and O–H groups in total. The molecule has 0 aliphatic heterocycles. The van der Waals surface area contributed by atoms with Crippen LogP contribution < -0.4 is 9.47 Å². The highest BCUT2D eigenvalue weighted by molar-refractivity contribution is 5.80. The van der Waals surface area contributed by atoms with E-state index in [1.54, 1.807) is 14.2 Å². The van der Waals surface area contributed by atoms with Crippen LogP contribution in [-0.2, 0) is 0 Å². The Hall–Kier alpha value is -2.55. The maximum atomic E-state index is 5.95. The summed E-state index contributed by atoms with van der Waals surface area (Å²) in [5.74, 6) is 2.11. The molecule has 0 unspecified atom stereocenters. The topological polar surface area (TPSA) is 29.8 Å². The first-order chi connectivity index (χ1) is 9.83. The minimum Gasteiger partial charge on any atom is -0.493 e. The lowest BCUT2D eigenvalue weighted by Crippen LogP contribution is -1.93. The third kappa shape index (κ3) is 2.07. The Labute approximate surface area is 117 Å². The second kappa shape index (κ2) is 5.21. The number of para-hydroxylation sites is 2. The van der Waals surface area contributed by atoms with Crippen molar-refractivity contribution in [3.8, 4) is 22.8 Å². The molecule has 0 saturated carbocycles. The van der Waals surface area contributed by atoms with E-state index in [4.69, 9.17) is 13.9 Å². The van der Waals surface area contributed by atoms with Gasteiger partial charge in [0.1, 0.15) is 5.56 Å². The van der Waals surface area contributed by atoms with E-state index in [2.05, 4.69) is 0 Å². The monoisotopic (exact) mass is 267 g/mol. The average Bonchev–Trinajstić information content (AvgIpc) is 2.53. The number of methoxy groups -OCH3 is 2. The molecule has 0 spiro atoms. The number of benzene rings is 2. The molecule has 3 aromatic rings. The van der Waals surface area contributed by atoms with E-state index in [1.165, 1.54) is 0 Å². The molecule has 0 fully saturated rings. The first-order valence-corrected chi connectivity index (χ1v) is 6.37. The molecular weight excluding hydrogens is 252 g/mol. The van der Waals surface area contributed by atoms with Crippen LogP contribution in [0.15, 0.2) is 59.0 Å². The molecule has 100 valence electrons. The van der Waals surface area contributed by atoms with E-state index in [9.17, 15) is 0 Å². The molecule has 0 aliphatic rings. The van der Waals surface area contributed by atoms with Crippen LogP contribution in [0.3, 0.4) is 0 Å². The van der Waals surface area contributed by atoms with Crippen molar-refractivity contribution in [2.24, 2.45) is 0 Å². The summed E-state index contributed by atoms with van der Waals surface area (Å²) in [6, 6.07) is 17.6. The Morgan fingerprint density at radius 1 is 0.800 bits per heavy atom. The molecule has 2 aromatic carbocycles. The van der Waals surface area contributed by atoms with Crippen LogP contribution in [-0.4, -0.2) is 14.2 Å². The zero-order valence-corrected chi connectivity index (χ0v) is 11.4. The largest absolute Gasteiger partial charge is 0.493 e. The lowest BCUT2D eigenvalue weighted by atomic mass is 10.1. The van der Waals surface area contributed by atoms with Gasteiger partial charge in [-0.3, -0.25) is 0 Å². The van der Waals surface area contributed by atoms with Crippen LogP contribution in [0.5, 0.6) is 11.5 Å². The third-order valence-corrected chi connectivity index (χ3v) is 3.22. The van der Waals surface area contributed by atoms with Gasteiger partial charge in [0.25, 0.3) is 0 Å². The van der Waals surface area contributed by atoms with Crippen LogP contribution in [0.4, 0.5) is 0 Å². The molecule has 0 radical (unpaired) electrons. The summed E-state index contributed by atoms with van der Waals surface area (Å²) in [7, 11) is 3.25. The van der Waals surface area contributed by atoms with Gasteiger partial charge in [-0.1, -0.05) is 18.2 Å². The normalized spacial score (nSPS) is 10.5. The van der Waals surface area contributed by atoms with Crippen molar-refractivity contribution in [3.63, 3.8) is 0 Å². The fourth-order valence-electron chi connectivity index (χ4n) is 2.26. The standard InChI is InChI=1S/C17H15O3/c1-18-16-9-5-7-13(17(16)19-2)15-11-10-12-6-3-4-8-14(12)20-15/h3-11H,1-2H3/q+1. The summed E-state index contributed by atoms with van der Waals surface area (Å²) >= 11 is 0. The van der Waals surface area contributed by atoms with Crippen molar-refractivity contribution in [2.75, 3.05) is 14.2 Å².